The molecule has 10 heteroatoms. The van der Waals surface area contributed by atoms with E-state index in [0.717, 1.165) is 42.9 Å². The Bertz CT molecular complexity index is 935. The summed E-state index contributed by atoms with van der Waals surface area (Å²) in [5.74, 6) is 0.508. The fourth-order valence-electron chi connectivity index (χ4n) is 2.91. The maximum atomic E-state index is 11.9. The fraction of sp³-hybridized carbons (Fsp3) is 0.474. The lowest BCUT2D eigenvalue weighted by molar-refractivity contribution is -0.384. The van der Waals surface area contributed by atoms with E-state index in [1.807, 2.05) is 0 Å². The fourth-order valence-corrected chi connectivity index (χ4v) is 2.91. The predicted octanol–water partition coefficient (Wildman–Crippen LogP) is 1.23. The van der Waals surface area contributed by atoms with Crippen molar-refractivity contribution in [3.63, 3.8) is 0 Å². The molecule has 0 atom stereocenters. The zero-order chi connectivity index (χ0) is 21.4. The van der Waals surface area contributed by atoms with Gasteiger partial charge in [-0.2, -0.15) is 0 Å². The molecule has 0 saturated carbocycles. The van der Waals surface area contributed by atoms with Gasteiger partial charge < -0.3 is 15.5 Å². The van der Waals surface area contributed by atoms with Crippen LogP contribution in [0.4, 0.5) is 17.2 Å². The van der Waals surface area contributed by atoms with Crippen molar-refractivity contribution in [2.24, 2.45) is 14.1 Å². The number of anilines is 2. The van der Waals surface area contributed by atoms with Crippen LogP contribution in [0.5, 0.6) is 0 Å². The summed E-state index contributed by atoms with van der Waals surface area (Å²) < 4.78 is 2.49. The molecular formula is C19H28N6O4. The quantitative estimate of drug-likeness (QED) is 0.329. The van der Waals surface area contributed by atoms with E-state index in [1.54, 1.807) is 19.2 Å². The molecule has 0 aliphatic heterocycles. The Kier molecular flexibility index (Phi) is 7.96. The summed E-state index contributed by atoms with van der Waals surface area (Å²) in [5.41, 5.74) is 0.241. The van der Waals surface area contributed by atoms with Crippen molar-refractivity contribution in [2.75, 3.05) is 43.4 Å². The highest BCUT2D eigenvalue weighted by Gasteiger charge is 2.07. The van der Waals surface area contributed by atoms with Crippen LogP contribution in [0.3, 0.4) is 0 Å². The van der Waals surface area contributed by atoms with Crippen LogP contribution in [0.15, 0.2) is 39.9 Å². The van der Waals surface area contributed by atoms with E-state index in [2.05, 4.69) is 22.5 Å². The Labute approximate surface area is 168 Å². The van der Waals surface area contributed by atoms with Crippen molar-refractivity contribution in [3.05, 3.63) is 61.3 Å². The normalized spacial score (nSPS) is 10.9. The van der Waals surface area contributed by atoms with Crippen molar-refractivity contribution in [3.8, 4) is 0 Å². The molecule has 0 radical (unpaired) electrons. The zero-order valence-corrected chi connectivity index (χ0v) is 17.1. The number of aromatic nitrogens is 2. The third kappa shape index (κ3) is 6.18. The summed E-state index contributed by atoms with van der Waals surface area (Å²) in [5, 5.41) is 17.1. The maximum absolute atomic E-state index is 11.9. The Morgan fingerprint density at radius 3 is 2.34 bits per heavy atom. The lowest BCUT2D eigenvalue weighted by atomic mass is 10.2. The molecule has 2 N–H and O–H groups in total. The summed E-state index contributed by atoms with van der Waals surface area (Å²) in [6.07, 6.45) is 0.912. The number of non-ortho nitro benzene ring substituents is 1. The first kappa shape index (κ1) is 22.2. The molecule has 29 heavy (non-hydrogen) atoms. The second-order valence-electron chi connectivity index (χ2n) is 6.71. The van der Waals surface area contributed by atoms with Gasteiger partial charge in [0.2, 0.25) is 0 Å². The number of nitro benzene ring substituents is 1. The lowest BCUT2D eigenvalue weighted by Crippen LogP contribution is -2.38. The Morgan fingerprint density at radius 1 is 1.03 bits per heavy atom. The van der Waals surface area contributed by atoms with Gasteiger partial charge in [-0.25, -0.2) is 4.79 Å². The molecule has 158 valence electrons. The highest BCUT2D eigenvalue weighted by Crippen LogP contribution is 2.15. The van der Waals surface area contributed by atoms with Crippen molar-refractivity contribution >= 4 is 17.2 Å². The van der Waals surface area contributed by atoms with Gasteiger partial charge in [-0.3, -0.25) is 24.0 Å². The van der Waals surface area contributed by atoms with Crippen molar-refractivity contribution in [1.29, 1.82) is 0 Å². The Morgan fingerprint density at radius 2 is 1.72 bits per heavy atom. The van der Waals surface area contributed by atoms with Gasteiger partial charge >= 0.3 is 5.69 Å². The first-order valence-corrected chi connectivity index (χ1v) is 9.55. The minimum atomic E-state index is -0.415. The third-order valence-electron chi connectivity index (χ3n) is 4.77. The minimum Gasteiger partial charge on any atom is -0.385 e. The van der Waals surface area contributed by atoms with Gasteiger partial charge in [0.05, 0.1) is 4.92 Å². The number of nitrogens with zero attached hydrogens (tertiary/aromatic N) is 4. The molecule has 0 spiro atoms. The molecule has 1 aromatic carbocycles. The first-order chi connectivity index (χ1) is 13.8. The van der Waals surface area contributed by atoms with Crippen LogP contribution in [0.2, 0.25) is 0 Å². The molecule has 0 aliphatic carbocycles. The topological polar surface area (TPSA) is 114 Å². The monoisotopic (exact) mass is 404 g/mol. The van der Waals surface area contributed by atoms with E-state index in [9.17, 15) is 19.7 Å². The molecule has 2 aromatic rings. The second-order valence-corrected chi connectivity index (χ2v) is 6.71. The minimum absolute atomic E-state index is 0.0778. The maximum Gasteiger partial charge on any atom is 0.332 e. The summed E-state index contributed by atoms with van der Waals surface area (Å²) in [7, 11) is 3.09. The van der Waals surface area contributed by atoms with E-state index >= 15 is 0 Å². The van der Waals surface area contributed by atoms with Gasteiger partial charge in [-0.15, -0.1) is 0 Å². The number of benzene rings is 1. The van der Waals surface area contributed by atoms with Gasteiger partial charge in [0.1, 0.15) is 5.82 Å². The van der Waals surface area contributed by atoms with E-state index in [1.165, 1.54) is 29.8 Å². The van der Waals surface area contributed by atoms with Crippen molar-refractivity contribution in [2.45, 2.75) is 13.3 Å². The number of hydrogen-bond acceptors (Lipinski definition) is 7. The molecule has 0 bridgehead atoms. The summed E-state index contributed by atoms with van der Waals surface area (Å²) in [6, 6.07) is 7.79. The molecule has 10 nitrogen and oxygen atoms in total. The first-order valence-electron chi connectivity index (χ1n) is 9.55. The van der Waals surface area contributed by atoms with Crippen molar-refractivity contribution < 1.29 is 4.92 Å². The number of rotatable bonds is 11. The highest BCUT2D eigenvalue weighted by molar-refractivity contribution is 5.48. The standard InChI is InChI=1S/C19H28N6O4/c1-4-24(12-5-10-20-15-6-8-16(9-7-15)25(28)29)13-11-21-17-14-18(26)23(3)19(27)22(17)2/h6-9,14,20-21H,4-5,10-13H2,1-3H3. The number of hydrogen-bond donors (Lipinski definition) is 2. The van der Waals surface area contributed by atoms with Crippen LogP contribution < -0.4 is 21.9 Å². The second kappa shape index (κ2) is 10.4. The summed E-state index contributed by atoms with van der Waals surface area (Å²) in [4.78, 5) is 36.2. The van der Waals surface area contributed by atoms with Crippen LogP contribution in [-0.4, -0.2) is 51.7 Å². The highest BCUT2D eigenvalue weighted by atomic mass is 16.6. The number of nitrogens with one attached hydrogen (secondary N) is 2. The number of nitro groups is 1. The van der Waals surface area contributed by atoms with Crippen LogP contribution in [0, 0.1) is 10.1 Å². The lowest BCUT2D eigenvalue weighted by Gasteiger charge is -2.21. The molecule has 0 saturated heterocycles. The van der Waals surface area contributed by atoms with Gasteiger partial charge in [0, 0.05) is 57.6 Å². The smallest absolute Gasteiger partial charge is 0.332 e. The average Bonchev–Trinajstić information content (AvgIpc) is 2.72. The van der Waals surface area contributed by atoms with Gasteiger partial charge in [-0.05, 0) is 31.6 Å². The van der Waals surface area contributed by atoms with Crippen LogP contribution >= 0.6 is 0 Å². The van der Waals surface area contributed by atoms with Crippen LogP contribution in [0.1, 0.15) is 13.3 Å². The Balaban J connectivity index is 1.75. The molecule has 0 fully saturated rings. The van der Waals surface area contributed by atoms with E-state index in [4.69, 9.17) is 0 Å². The summed E-state index contributed by atoms with van der Waals surface area (Å²) in [6.45, 7) is 5.99. The molecule has 1 aromatic heterocycles. The summed E-state index contributed by atoms with van der Waals surface area (Å²) >= 11 is 0. The SMILES string of the molecule is CCN(CCCNc1ccc([N+](=O)[O-])cc1)CCNc1cc(=O)n(C)c(=O)n1C. The predicted molar refractivity (Wildman–Crippen MR) is 114 cm³/mol. The van der Waals surface area contributed by atoms with Crippen molar-refractivity contribution in [1.82, 2.24) is 14.0 Å². The van der Waals surface area contributed by atoms with Gasteiger partial charge in [-0.1, -0.05) is 6.92 Å². The van der Waals surface area contributed by atoms with Gasteiger partial charge in [0.25, 0.3) is 11.2 Å². The zero-order valence-electron chi connectivity index (χ0n) is 17.1. The molecule has 0 unspecified atom stereocenters. The van der Waals surface area contributed by atoms with Gasteiger partial charge in [0.15, 0.2) is 0 Å². The van der Waals surface area contributed by atoms with E-state index < -0.39 is 4.92 Å². The molecule has 1 heterocycles. The number of likely N-dealkylation sites (N-methyl/N-ethyl adjacent to an activating group) is 1. The van der Waals surface area contributed by atoms with Crippen LogP contribution in [0.25, 0.3) is 0 Å². The van der Waals surface area contributed by atoms with Crippen LogP contribution in [-0.2, 0) is 14.1 Å². The Hall–Kier alpha value is -3.14. The molecule has 2 rings (SSSR count). The largest absolute Gasteiger partial charge is 0.385 e. The molecule has 0 aliphatic rings. The molecular weight excluding hydrogens is 376 g/mol. The average molecular weight is 404 g/mol. The van der Waals surface area contributed by atoms with E-state index in [0.29, 0.717) is 12.4 Å². The van der Waals surface area contributed by atoms with E-state index in [-0.39, 0.29) is 16.9 Å². The molecule has 0 amide bonds. The third-order valence-corrected chi connectivity index (χ3v) is 4.77.